The maximum Gasteiger partial charge on any atom is 0.218 e. The number of rotatable bonds is 5. The highest BCUT2D eigenvalue weighted by Crippen LogP contribution is 2.32. The fraction of sp³-hybridized carbons (Fsp3) is 0.706. The van der Waals surface area contributed by atoms with Crippen molar-refractivity contribution in [2.75, 3.05) is 19.6 Å². The molecule has 1 atom stereocenters. The van der Waals surface area contributed by atoms with Crippen molar-refractivity contribution in [3.63, 3.8) is 0 Å². The van der Waals surface area contributed by atoms with Gasteiger partial charge in [0.15, 0.2) is 0 Å². The molecule has 2 aliphatic rings. The Kier molecular flexibility index (Phi) is 5.03. The third-order valence-corrected chi connectivity index (χ3v) is 4.90. The third-order valence-electron chi connectivity index (χ3n) is 4.90. The van der Waals surface area contributed by atoms with Crippen molar-refractivity contribution in [3.8, 4) is 0 Å². The molecule has 1 saturated heterocycles. The van der Waals surface area contributed by atoms with Gasteiger partial charge < -0.3 is 10.6 Å². The standard InChI is InChI=1S/C17H26N4O/c18-16(22)11-13-5-4-6-15-14(13)12-19-17(20-15)7-10-21-8-2-1-3-9-21/h12-13H,1-11H2,(H2,18,22)/t13-/m0/s1. The highest BCUT2D eigenvalue weighted by atomic mass is 16.1. The molecule has 0 radical (unpaired) electrons. The van der Waals surface area contributed by atoms with E-state index >= 15 is 0 Å². The Morgan fingerprint density at radius 3 is 2.86 bits per heavy atom. The molecule has 3 rings (SSSR count). The Bertz CT molecular complexity index is 525. The molecule has 1 amide bonds. The van der Waals surface area contributed by atoms with Gasteiger partial charge in [-0.3, -0.25) is 4.79 Å². The minimum Gasteiger partial charge on any atom is -0.370 e. The second-order valence-corrected chi connectivity index (χ2v) is 6.60. The molecule has 1 aromatic rings. The molecule has 0 saturated carbocycles. The lowest BCUT2D eigenvalue weighted by molar-refractivity contribution is -0.118. The molecule has 0 spiro atoms. The van der Waals surface area contributed by atoms with Crippen LogP contribution in [0, 0.1) is 0 Å². The molecule has 1 fully saturated rings. The second kappa shape index (κ2) is 7.18. The smallest absolute Gasteiger partial charge is 0.218 e. The number of piperidine rings is 1. The van der Waals surface area contributed by atoms with Crippen molar-refractivity contribution in [2.24, 2.45) is 5.73 Å². The molecule has 5 heteroatoms. The molecule has 5 nitrogen and oxygen atoms in total. The lowest BCUT2D eigenvalue weighted by Crippen LogP contribution is -2.32. The van der Waals surface area contributed by atoms with Crippen molar-refractivity contribution in [2.45, 2.75) is 57.3 Å². The first-order valence-electron chi connectivity index (χ1n) is 8.58. The van der Waals surface area contributed by atoms with Crippen LogP contribution in [0.5, 0.6) is 0 Å². The minimum atomic E-state index is -0.230. The zero-order valence-corrected chi connectivity index (χ0v) is 13.3. The Morgan fingerprint density at radius 2 is 2.09 bits per heavy atom. The van der Waals surface area contributed by atoms with Gasteiger partial charge in [-0.05, 0) is 56.7 Å². The van der Waals surface area contributed by atoms with Crippen LogP contribution in [0.2, 0.25) is 0 Å². The number of aromatic nitrogens is 2. The SMILES string of the molecule is NC(=O)C[C@@H]1CCCc2nc(CCN3CCCCC3)ncc21. The zero-order chi connectivity index (χ0) is 15.4. The Balaban J connectivity index is 1.63. The van der Waals surface area contributed by atoms with Crippen LogP contribution in [0.15, 0.2) is 6.20 Å². The summed E-state index contributed by atoms with van der Waals surface area (Å²) in [6.45, 7) is 3.49. The number of nitrogens with zero attached hydrogens (tertiary/aromatic N) is 3. The van der Waals surface area contributed by atoms with Crippen molar-refractivity contribution >= 4 is 5.91 Å². The van der Waals surface area contributed by atoms with E-state index in [1.807, 2.05) is 6.20 Å². The van der Waals surface area contributed by atoms with Gasteiger partial charge in [-0.1, -0.05) is 6.42 Å². The van der Waals surface area contributed by atoms with Crippen LogP contribution < -0.4 is 5.73 Å². The Morgan fingerprint density at radius 1 is 1.27 bits per heavy atom. The van der Waals surface area contributed by atoms with Crippen molar-refractivity contribution in [3.05, 3.63) is 23.3 Å². The average Bonchev–Trinajstić information content (AvgIpc) is 2.53. The van der Waals surface area contributed by atoms with E-state index in [1.54, 1.807) is 0 Å². The number of likely N-dealkylation sites (tertiary alicyclic amines) is 1. The molecule has 2 N–H and O–H groups in total. The minimum absolute atomic E-state index is 0.220. The fourth-order valence-electron chi connectivity index (χ4n) is 3.70. The number of hydrogen-bond acceptors (Lipinski definition) is 4. The highest BCUT2D eigenvalue weighted by molar-refractivity contribution is 5.74. The molecular formula is C17H26N4O. The summed E-state index contributed by atoms with van der Waals surface area (Å²) in [6, 6.07) is 0. The number of carbonyl (C=O) groups excluding carboxylic acids is 1. The first kappa shape index (κ1) is 15.4. The van der Waals surface area contributed by atoms with Gasteiger partial charge >= 0.3 is 0 Å². The number of nitrogens with two attached hydrogens (primary N) is 1. The number of amides is 1. The first-order chi connectivity index (χ1) is 10.7. The maximum atomic E-state index is 11.2. The van der Waals surface area contributed by atoms with E-state index < -0.39 is 0 Å². The number of hydrogen-bond donors (Lipinski definition) is 1. The second-order valence-electron chi connectivity index (χ2n) is 6.60. The normalized spacial score (nSPS) is 22.3. The number of carbonyl (C=O) groups is 1. The molecule has 0 unspecified atom stereocenters. The van der Waals surface area contributed by atoms with E-state index in [0.29, 0.717) is 6.42 Å². The third kappa shape index (κ3) is 3.83. The van der Waals surface area contributed by atoms with E-state index in [2.05, 4.69) is 9.88 Å². The van der Waals surface area contributed by atoms with Crippen LogP contribution in [0.1, 0.15) is 61.5 Å². The monoisotopic (exact) mass is 302 g/mol. The van der Waals surface area contributed by atoms with Gasteiger partial charge in [0, 0.05) is 31.3 Å². The first-order valence-corrected chi connectivity index (χ1v) is 8.58. The van der Waals surface area contributed by atoms with E-state index in [0.717, 1.165) is 49.3 Å². The average molecular weight is 302 g/mol. The molecule has 1 aliphatic carbocycles. The van der Waals surface area contributed by atoms with E-state index in [1.165, 1.54) is 32.4 Å². The van der Waals surface area contributed by atoms with Gasteiger partial charge in [-0.2, -0.15) is 0 Å². The summed E-state index contributed by atoms with van der Waals surface area (Å²) in [4.78, 5) is 23.0. The summed E-state index contributed by atoms with van der Waals surface area (Å²) in [7, 11) is 0. The molecule has 2 heterocycles. The van der Waals surface area contributed by atoms with E-state index in [4.69, 9.17) is 10.7 Å². The van der Waals surface area contributed by atoms with Crippen molar-refractivity contribution in [1.29, 1.82) is 0 Å². The zero-order valence-electron chi connectivity index (χ0n) is 13.3. The number of primary amides is 1. The number of fused-ring (bicyclic) bond motifs is 1. The van der Waals surface area contributed by atoms with Gasteiger partial charge in [-0.15, -0.1) is 0 Å². The van der Waals surface area contributed by atoms with Crippen LogP contribution in [0.3, 0.4) is 0 Å². The van der Waals surface area contributed by atoms with Crippen LogP contribution >= 0.6 is 0 Å². The summed E-state index contributed by atoms with van der Waals surface area (Å²) in [5, 5.41) is 0. The molecule has 1 aliphatic heterocycles. The largest absolute Gasteiger partial charge is 0.370 e. The van der Waals surface area contributed by atoms with Crippen LogP contribution in [-0.4, -0.2) is 40.4 Å². The molecule has 0 bridgehead atoms. The number of aryl methyl sites for hydroxylation is 1. The van der Waals surface area contributed by atoms with Gasteiger partial charge in [-0.25, -0.2) is 9.97 Å². The molecule has 1 aromatic heterocycles. The Labute approximate surface area is 132 Å². The molecular weight excluding hydrogens is 276 g/mol. The van der Waals surface area contributed by atoms with Gasteiger partial charge in [0.1, 0.15) is 5.82 Å². The summed E-state index contributed by atoms with van der Waals surface area (Å²) < 4.78 is 0. The Hall–Kier alpha value is -1.49. The van der Waals surface area contributed by atoms with Crippen molar-refractivity contribution in [1.82, 2.24) is 14.9 Å². The summed E-state index contributed by atoms with van der Waals surface area (Å²) in [5.41, 5.74) is 7.64. The van der Waals surface area contributed by atoms with E-state index in [9.17, 15) is 4.79 Å². The predicted molar refractivity (Wildman–Crippen MR) is 85.5 cm³/mol. The molecule has 120 valence electrons. The van der Waals surface area contributed by atoms with Crippen LogP contribution in [-0.2, 0) is 17.6 Å². The molecule has 22 heavy (non-hydrogen) atoms. The van der Waals surface area contributed by atoms with Crippen LogP contribution in [0.4, 0.5) is 0 Å². The lowest BCUT2D eigenvalue weighted by atomic mass is 9.84. The summed E-state index contributed by atoms with van der Waals surface area (Å²) in [5.74, 6) is 0.938. The van der Waals surface area contributed by atoms with Gasteiger partial charge in [0.2, 0.25) is 5.91 Å². The van der Waals surface area contributed by atoms with Crippen LogP contribution in [0.25, 0.3) is 0 Å². The molecule has 0 aromatic carbocycles. The van der Waals surface area contributed by atoms with E-state index in [-0.39, 0.29) is 11.8 Å². The summed E-state index contributed by atoms with van der Waals surface area (Å²) in [6.07, 6.45) is 10.4. The van der Waals surface area contributed by atoms with Gasteiger partial charge in [0.05, 0.1) is 0 Å². The quantitative estimate of drug-likeness (QED) is 0.900. The fourth-order valence-corrected chi connectivity index (χ4v) is 3.70. The van der Waals surface area contributed by atoms with Crippen molar-refractivity contribution < 1.29 is 4.79 Å². The van der Waals surface area contributed by atoms with Gasteiger partial charge in [0.25, 0.3) is 0 Å². The highest BCUT2D eigenvalue weighted by Gasteiger charge is 2.23. The topological polar surface area (TPSA) is 72.1 Å². The lowest BCUT2D eigenvalue weighted by Gasteiger charge is -2.26. The maximum absolute atomic E-state index is 11.2. The predicted octanol–water partition coefficient (Wildman–Crippen LogP) is 1.80. The summed E-state index contributed by atoms with van der Waals surface area (Å²) >= 11 is 0.